The van der Waals surface area contributed by atoms with E-state index in [1.165, 1.54) is 25.3 Å². The van der Waals surface area contributed by atoms with Crippen molar-refractivity contribution in [3.8, 4) is 22.6 Å². The fourth-order valence-corrected chi connectivity index (χ4v) is 5.03. The second kappa shape index (κ2) is 9.09. The molecule has 0 unspecified atom stereocenters. The van der Waals surface area contributed by atoms with Gasteiger partial charge in [0, 0.05) is 11.1 Å². The standard InChI is InChI=1S/C28H26F2O4/c1-33-20-8-9-24(29)23(14-20)19-11-18-7-10-26(28(18)25(30)13-19)34-21-4-2-3-17(12-21)22(15-27(31)32)16-5-6-16/h2-4,8-9,11-14,16,22,26H,5-7,10,15H2,1H3,(H,31,32)/t22-,26+/m0/s1. The number of carboxylic acid groups (broad SMARTS) is 1. The van der Waals surface area contributed by atoms with Crippen LogP contribution >= 0.6 is 0 Å². The predicted molar refractivity (Wildman–Crippen MR) is 124 cm³/mol. The largest absolute Gasteiger partial charge is 0.497 e. The third-order valence-corrected chi connectivity index (χ3v) is 6.85. The molecule has 2 aliphatic rings. The van der Waals surface area contributed by atoms with Crippen LogP contribution in [0.3, 0.4) is 0 Å². The van der Waals surface area contributed by atoms with Gasteiger partial charge >= 0.3 is 5.97 Å². The van der Waals surface area contributed by atoms with Gasteiger partial charge in [0.1, 0.15) is 29.2 Å². The SMILES string of the molecule is COc1ccc(F)c(-c2cc(F)c3c(c2)CC[C@H]3Oc2cccc([C@@H](CC(=O)O)C3CC3)c2)c1. The first-order chi connectivity index (χ1) is 16.4. The topological polar surface area (TPSA) is 55.8 Å². The summed E-state index contributed by atoms with van der Waals surface area (Å²) in [6.45, 7) is 0. The van der Waals surface area contributed by atoms with Gasteiger partial charge in [0.25, 0.3) is 0 Å². The molecule has 0 amide bonds. The Hall–Kier alpha value is -3.41. The van der Waals surface area contributed by atoms with E-state index in [0.29, 0.717) is 46.9 Å². The number of ether oxygens (including phenoxy) is 2. The smallest absolute Gasteiger partial charge is 0.303 e. The average Bonchev–Trinajstić information content (AvgIpc) is 3.58. The van der Waals surface area contributed by atoms with Gasteiger partial charge < -0.3 is 14.6 Å². The minimum Gasteiger partial charge on any atom is -0.497 e. The molecule has 1 saturated carbocycles. The van der Waals surface area contributed by atoms with Crippen LogP contribution in [0.1, 0.15) is 54.4 Å². The third-order valence-electron chi connectivity index (χ3n) is 6.85. The van der Waals surface area contributed by atoms with E-state index in [1.54, 1.807) is 6.07 Å². The van der Waals surface area contributed by atoms with Gasteiger partial charge in [0.2, 0.25) is 0 Å². The Kier molecular flexibility index (Phi) is 5.98. The van der Waals surface area contributed by atoms with Crippen molar-refractivity contribution < 1.29 is 28.2 Å². The minimum atomic E-state index is -0.807. The lowest BCUT2D eigenvalue weighted by Crippen LogP contribution is -2.09. The average molecular weight is 465 g/mol. The van der Waals surface area contributed by atoms with Crippen LogP contribution in [0, 0.1) is 17.6 Å². The summed E-state index contributed by atoms with van der Waals surface area (Å²) in [5.74, 6) is -0.192. The van der Waals surface area contributed by atoms with Crippen molar-refractivity contribution in [2.75, 3.05) is 7.11 Å². The molecule has 0 spiro atoms. The number of fused-ring (bicyclic) bond motifs is 1. The van der Waals surface area contributed by atoms with Gasteiger partial charge in [-0.2, -0.15) is 0 Å². The molecular weight excluding hydrogens is 438 g/mol. The number of hydrogen-bond donors (Lipinski definition) is 1. The van der Waals surface area contributed by atoms with E-state index < -0.39 is 23.7 Å². The zero-order valence-electron chi connectivity index (χ0n) is 18.9. The zero-order chi connectivity index (χ0) is 23.8. The maximum atomic E-state index is 15.3. The summed E-state index contributed by atoms with van der Waals surface area (Å²) < 4.78 is 41.1. The summed E-state index contributed by atoms with van der Waals surface area (Å²) in [4.78, 5) is 11.3. The molecule has 0 bridgehead atoms. The number of rotatable bonds is 8. The summed E-state index contributed by atoms with van der Waals surface area (Å²) in [5.41, 5.74) is 3.02. The van der Waals surface area contributed by atoms with Crippen LogP contribution in [0.5, 0.6) is 11.5 Å². The van der Waals surface area contributed by atoms with Crippen molar-refractivity contribution in [1.29, 1.82) is 0 Å². The molecule has 1 N–H and O–H groups in total. The Labute approximate surface area is 197 Å². The fourth-order valence-electron chi connectivity index (χ4n) is 5.03. The lowest BCUT2D eigenvalue weighted by molar-refractivity contribution is -0.137. The summed E-state index contributed by atoms with van der Waals surface area (Å²) in [7, 11) is 1.51. The summed E-state index contributed by atoms with van der Waals surface area (Å²) in [5, 5.41) is 9.31. The molecule has 2 atom stereocenters. The molecule has 1 fully saturated rings. The molecule has 0 heterocycles. The highest BCUT2D eigenvalue weighted by molar-refractivity contribution is 5.69. The fraction of sp³-hybridized carbons (Fsp3) is 0.321. The van der Waals surface area contributed by atoms with Crippen molar-refractivity contribution in [3.63, 3.8) is 0 Å². The molecule has 34 heavy (non-hydrogen) atoms. The van der Waals surface area contributed by atoms with E-state index in [9.17, 15) is 14.3 Å². The summed E-state index contributed by atoms with van der Waals surface area (Å²) in [6.07, 6.45) is 2.97. The number of aryl methyl sites for hydroxylation is 1. The van der Waals surface area contributed by atoms with E-state index in [1.807, 2.05) is 30.3 Å². The Morgan fingerprint density at radius 3 is 2.59 bits per heavy atom. The van der Waals surface area contributed by atoms with E-state index >= 15 is 4.39 Å². The van der Waals surface area contributed by atoms with Gasteiger partial charge in [0.05, 0.1) is 13.5 Å². The Morgan fingerprint density at radius 2 is 1.85 bits per heavy atom. The maximum absolute atomic E-state index is 15.3. The molecule has 6 heteroatoms. The van der Waals surface area contributed by atoms with Gasteiger partial charge in [-0.3, -0.25) is 4.79 Å². The molecule has 5 rings (SSSR count). The van der Waals surface area contributed by atoms with Crippen LogP contribution in [0.4, 0.5) is 8.78 Å². The number of aliphatic carboxylic acids is 1. The molecule has 3 aromatic carbocycles. The number of carboxylic acids is 1. The molecule has 3 aromatic rings. The quantitative estimate of drug-likeness (QED) is 0.404. The number of hydrogen-bond acceptors (Lipinski definition) is 3. The van der Waals surface area contributed by atoms with E-state index in [0.717, 1.165) is 24.0 Å². The highest BCUT2D eigenvalue weighted by atomic mass is 19.1. The van der Waals surface area contributed by atoms with Crippen LogP contribution in [0.15, 0.2) is 54.6 Å². The summed E-state index contributed by atoms with van der Waals surface area (Å²) >= 11 is 0. The van der Waals surface area contributed by atoms with E-state index in [2.05, 4.69) is 0 Å². The highest BCUT2D eigenvalue weighted by Crippen LogP contribution is 2.46. The van der Waals surface area contributed by atoms with Crippen molar-refractivity contribution in [3.05, 3.63) is 82.9 Å². The molecule has 176 valence electrons. The summed E-state index contributed by atoms with van der Waals surface area (Å²) in [6, 6.07) is 15.1. The lowest BCUT2D eigenvalue weighted by atomic mass is 9.91. The number of halogens is 2. The molecule has 2 aliphatic carbocycles. The lowest BCUT2D eigenvalue weighted by Gasteiger charge is -2.19. The van der Waals surface area contributed by atoms with Crippen molar-refractivity contribution in [2.24, 2.45) is 5.92 Å². The molecule has 0 saturated heterocycles. The van der Waals surface area contributed by atoms with E-state index in [-0.39, 0.29) is 12.3 Å². The second-order valence-corrected chi connectivity index (χ2v) is 9.14. The molecule has 0 radical (unpaired) electrons. The Bertz CT molecular complexity index is 1240. The van der Waals surface area contributed by atoms with Crippen molar-refractivity contribution >= 4 is 5.97 Å². The van der Waals surface area contributed by atoms with Gasteiger partial charge in [-0.25, -0.2) is 8.78 Å². The van der Waals surface area contributed by atoms with Crippen LogP contribution in [-0.4, -0.2) is 18.2 Å². The van der Waals surface area contributed by atoms with Crippen molar-refractivity contribution in [2.45, 2.75) is 44.1 Å². The molecule has 0 aromatic heterocycles. The number of benzene rings is 3. The van der Waals surface area contributed by atoms with Gasteiger partial charge in [-0.1, -0.05) is 18.2 Å². The monoisotopic (exact) mass is 464 g/mol. The van der Waals surface area contributed by atoms with Crippen LogP contribution in [-0.2, 0) is 11.2 Å². The minimum absolute atomic E-state index is 0.0334. The first-order valence-corrected chi connectivity index (χ1v) is 11.6. The maximum Gasteiger partial charge on any atom is 0.303 e. The zero-order valence-corrected chi connectivity index (χ0v) is 18.9. The molecule has 4 nitrogen and oxygen atoms in total. The predicted octanol–water partition coefficient (Wildman–Crippen LogP) is 6.68. The molecular formula is C28H26F2O4. The van der Waals surface area contributed by atoms with Crippen LogP contribution in [0.2, 0.25) is 0 Å². The molecule has 0 aliphatic heterocycles. The number of methoxy groups -OCH3 is 1. The van der Waals surface area contributed by atoms with Gasteiger partial charge in [0.15, 0.2) is 0 Å². The van der Waals surface area contributed by atoms with E-state index in [4.69, 9.17) is 9.47 Å². The van der Waals surface area contributed by atoms with Gasteiger partial charge in [-0.15, -0.1) is 0 Å². The third kappa shape index (κ3) is 4.49. The first-order valence-electron chi connectivity index (χ1n) is 11.6. The van der Waals surface area contributed by atoms with Gasteiger partial charge in [-0.05, 0) is 90.6 Å². The second-order valence-electron chi connectivity index (χ2n) is 9.14. The first kappa shape index (κ1) is 22.4. The Balaban J connectivity index is 1.40. The highest BCUT2D eigenvalue weighted by Gasteiger charge is 2.34. The van der Waals surface area contributed by atoms with Crippen LogP contribution in [0.25, 0.3) is 11.1 Å². The van der Waals surface area contributed by atoms with Crippen molar-refractivity contribution in [1.82, 2.24) is 0 Å². The van der Waals surface area contributed by atoms with Crippen LogP contribution < -0.4 is 9.47 Å². The number of carbonyl (C=O) groups is 1. The normalized spacial score (nSPS) is 17.8. The Morgan fingerprint density at radius 1 is 1.03 bits per heavy atom.